The molecule has 0 aliphatic carbocycles. The van der Waals surface area contributed by atoms with E-state index in [2.05, 4.69) is 11.5 Å². The van der Waals surface area contributed by atoms with Gasteiger partial charge < -0.3 is 27.5 Å². The van der Waals surface area contributed by atoms with Crippen molar-refractivity contribution in [2.75, 3.05) is 22.9 Å². The summed E-state index contributed by atoms with van der Waals surface area (Å²) < 4.78 is 2.16. The number of hydrogen-bond acceptors (Lipinski definition) is 4. The standard InChI is InChI=1S/C15H19N5/c1-2-3-20-14-10(4-8(16)6-12(14)18)11-5-9(17)7-13(19)15(11)20/h4-7H,2-3,16-19H2,1H3. The van der Waals surface area contributed by atoms with Gasteiger partial charge >= 0.3 is 0 Å². The summed E-state index contributed by atoms with van der Waals surface area (Å²) in [5.41, 5.74) is 28.8. The van der Waals surface area contributed by atoms with Crippen molar-refractivity contribution in [3.8, 4) is 0 Å². The van der Waals surface area contributed by atoms with E-state index in [1.807, 2.05) is 12.1 Å². The summed E-state index contributed by atoms with van der Waals surface area (Å²) in [7, 11) is 0. The van der Waals surface area contributed by atoms with Crippen LogP contribution in [0.15, 0.2) is 24.3 Å². The first kappa shape index (κ1) is 12.5. The predicted molar refractivity (Wildman–Crippen MR) is 87.4 cm³/mol. The van der Waals surface area contributed by atoms with Crippen molar-refractivity contribution in [1.29, 1.82) is 0 Å². The summed E-state index contributed by atoms with van der Waals surface area (Å²) in [6.07, 6.45) is 0.993. The number of hydrogen-bond donors (Lipinski definition) is 4. The fourth-order valence-corrected chi connectivity index (χ4v) is 2.93. The number of nitrogens with zero attached hydrogens (tertiary/aromatic N) is 1. The summed E-state index contributed by atoms with van der Waals surface area (Å²) in [6, 6.07) is 7.43. The zero-order valence-electron chi connectivity index (χ0n) is 11.5. The van der Waals surface area contributed by atoms with Crippen LogP contribution in [0, 0.1) is 0 Å². The highest BCUT2D eigenvalue weighted by molar-refractivity contribution is 6.16. The van der Waals surface area contributed by atoms with Gasteiger partial charge in [0.1, 0.15) is 0 Å². The zero-order chi connectivity index (χ0) is 14.4. The average molecular weight is 269 g/mol. The van der Waals surface area contributed by atoms with Crippen molar-refractivity contribution < 1.29 is 0 Å². The molecule has 104 valence electrons. The molecule has 5 nitrogen and oxygen atoms in total. The molecule has 0 fully saturated rings. The first-order chi connectivity index (χ1) is 9.52. The Kier molecular flexibility index (Phi) is 2.64. The summed E-state index contributed by atoms with van der Waals surface area (Å²) in [4.78, 5) is 0. The van der Waals surface area contributed by atoms with Crippen LogP contribution in [-0.4, -0.2) is 4.57 Å². The highest BCUT2D eigenvalue weighted by atomic mass is 15.0. The molecule has 0 saturated heterocycles. The van der Waals surface area contributed by atoms with Crippen molar-refractivity contribution in [2.45, 2.75) is 19.9 Å². The predicted octanol–water partition coefficient (Wildman–Crippen LogP) is 2.53. The van der Waals surface area contributed by atoms with Crippen molar-refractivity contribution in [3.05, 3.63) is 24.3 Å². The van der Waals surface area contributed by atoms with Crippen LogP contribution in [0.25, 0.3) is 21.8 Å². The monoisotopic (exact) mass is 269 g/mol. The maximum atomic E-state index is 6.17. The minimum atomic E-state index is 0.645. The number of aromatic nitrogens is 1. The van der Waals surface area contributed by atoms with Crippen LogP contribution >= 0.6 is 0 Å². The van der Waals surface area contributed by atoms with E-state index in [1.54, 1.807) is 12.1 Å². The number of rotatable bonds is 2. The molecule has 0 aliphatic heterocycles. The lowest BCUT2D eigenvalue weighted by Crippen LogP contribution is -2.02. The molecular weight excluding hydrogens is 250 g/mol. The number of nitrogen functional groups attached to an aromatic ring is 4. The van der Waals surface area contributed by atoms with Crippen molar-refractivity contribution >= 4 is 44.6 Å². The Hall–Kier alpha value is -2.56. The lowest BCUT2D eigenvalue weighted by atomic mass is 10.1. The smallest absolute Gasteiger partial charge is 0.0727 e. The van der Waals surface area contributed by atoms with Crippen LogP contribution in [0.1, 0.15) is 13.3 Å². The molecule has 1 aromatic heterocycles. The second-order valence-electron chi connectivity index (χ2n) is 5.16. The molecule has 0 bridgehead atoms. The number of nitrogens with two attached hydrogens (primary N) is 4. The molecule has 0 radical (unpaired) electrons. The normalized spacial score (nSPS) is 11.4. The van der Waals surface area contributed by atoms with E-state index in [1.165, 1.54) is 0 Å². The van der Waals surface area contributed by atoms with Crippen LogP contribution in [0.2, 0.25) is 0 Å². The molecule has 5 heteroatoms. The summed E-state index contributed by atoms with van der Waals surface area (Å²) in [6.45, 7) is 2.97. The van der Waals surface area contributed by atoms with Crippen molar-refractivity contribution in [1.82, 2.24) is 4.57 Å². The van der Waals surface area contributed by atoms with Gasteiger partial charge in [-0.05, 0) is 30.7 Å². The van der Waals surface area contributed by atoms with Crippen LogP contribution in [0.5, 0.6) is 0 Å². The Morgan fingerprint density at radius 2 is 1.25 bits per heavy atom. The van der Waals surface area contributed by atoms with Crippen molar-refractivity contribution in [3.63, 3.8) is 0 Å². The van der Waals surface area contributed by atoms with Gasteiger partial charge in [0, 0.05) is 28.7 Å². The van der Waals surface area contributed by atoms with E-state index >= 15 is 0 Å². The van der Waals surface area contributed by atoms with E-state index in [0.29, 0.717) is 22.7 Å². The van der Waals surface area contributed by atoms with Gasteiger partial charge in [0.05, 0.1) is 22.4 Å². The Morgan fingerprint density at radius 1 is 0.800 bits per heavy atom. The molecule has 20 heavy (non-hydrogen) atoms. The maximum Gasteiger partial charge on any atom is 0.0727 e. The largest absolute Gasteiger partial charge is 0.399 e. The van der Waals surface area contributed by atoms with E-state index in [0.717, 1.165) is 34.8 Å². The molecule has 1 heterocycles. The summed E-state index contributed by atoms with van der Waals surface area (Å²) in [5.74, 6) is 0. The number of aryl methyl sites for hydroxylation is 1. The molecule has 0 atom stereocenters. The van der Waals surface area contributed by atoms with Gasteiger partial charge in [-0.25, -0.2) is 0 Å². The Labute approximate surface area is 117 Å². The quantitative estimate of drug-likeness (QED) is 0.536. The Bertz CT molecular complexity index is 751. The third-order valence-corrected chi connectivity index (χ3v) is 3.60. The van der Waals surface area contributed by atoms with E-state index < -0.39 is 0 Å². The molecule has 0 unspecified atom stereocenters. The van der Waals surface area contributed by atoms with E-state index in [-0.39, 0.29) is 0 Å². The molecular formula is C15H19N5. The molecule has 3 aromatic rings. The lowest BCUT2D eigenvalue weighted by Gasteiger charge is -2.09. The topological polar surface area (TPSA) is 109 Å². The molecule has 0 aliphatic rings. The minimum absolute atomic E-state index is 0.645. The number of benzene rings is 2. The summed E-state index contributed by atoms with van der Waals surface area (Å²) >= 11 is 0. The van der Waals surface area contributed by atoms with Gasteiger partial charge in [-0.2, -0.15) is 0 Å². The third kappa shape index (κ3) is 1.63. The third-order valence-electron chi connectivity index (χ3n) is 3.60. The van der Waals surface area contributed by atoms with Gasteiger partial charge in [-0.3, -0.25) is 0 Å². The summed E-state index contributed by atoms with van der Waals surface area (Å²) in [5, 5.41) is 2.01. The Balaban J connectivity index is 2.59. The number of anilines is 4. The SMILES string of the molecule is CCCn1c2c(N)cc(N)cc2c2cc(N)cc(N)c21. The molecule has 0 amide bonds. The van der Waals surface area contributed by atoms with Crippen LogP contribution in [0.3, 0.4) is 0 Å². The minimum Gasteiger partial charge on any atom is -0.399 e. The number of fused-ring (bicyclic) bond motifs is 3. The van der Waals surface area contributed by atoms with Crippen LogP contribution in [0.4, 0.5) is 22.7 Å². The van der Waals surface area contributed by atoms with E-state index in [4.69, 9.17) is 22.9 Å². The molecule has 0 spiro atoms. The molecule has 3 rings (SSSR count). The lowest BCUT2D eigenvalue weighted by molar-refractivity contribution is 0.725. The van der Waals surface area contributed by atoms with Gasteiger partial charge in [-0.15, -0.1) is 0 Å². The van der Waals surface area contributed by atoms with E-state index in [9.17, 15) is 0 Å². The Morgan fingerprint density at radius 3 is 1.65 bits per heavy atom. The molecule has 2 aromatic carbocycles. The first-order valence-electron chi connectivity index (χ1n) is 6.68. The second-order valence-corrected chi connectivity index (χ2v) is 5.16. The second kappa shape index (κ2) is 4.23. The molecule has 8 N–H and O–H groups in total. The molecule has 0 saturated carbocycles. The van der Waals surface area contributed by atoms with Crippen LogP contribution in [-0.2, 0) is 6.54 Å². The fourth-order valence-electron chi connectivity index (χ4n) is 2.93. The first-order valence-corrected chi connectivity index (χ1v) is 6.68. The van der Waals surface area contributed by atoms with Gasteiger partial charge in [-0.1, -0.05) is 6.92 Å². The maximum absolute atomic E-state index is 6.17. The fraction of sp³-hybridized carbons (Fsp3) is 0.200. The van der Waals surface area contributed by atoms with Crippen molar-refractivity contribution in [2.24, 2.45) is 0 Å². The average Bonchev–Trinajstić information content (AvgIpc) is 2.64. The van der Waals surface area contributed by atoms with Gasteiger partial charge in [0.15, 0.2) is 0 Å². The highest BCUT2D eigenvalue weighted by Crippen LogP contribution is 2.38. The zero-order valence-corrected chi connectivity index (χ0v) is 11.5. The van der Waals surface area contributed by atoms with Gasteiger partial charge in [0.25, 0.3) is 0 Å². The van der Waals surface area contributed by atoms with Crippen LogP contribution < -0.4 is 22.9 Å². The van der Waals surface area contributed by atoms with Gasteiger partial charge in [0.2, 0.25) is 0 Å². The highest BCUT2D eigenvalue weighted by Gasteiger charge is 2.16.